The van der Waals surface area contributed by atoms with Crippen LogP contribution in [0.5, 0.6) is 0 Å². The molecular weight excluding hydrogens is 320 g/mol. The summed E-state index contributed by atoms with van der Waals surface area (Å²) in [6.07, 6.45) is 1.47. The molecule has 0 saturated carbocycles. The Hall–Kier alpha value is -2.67. The van der Waals surface area contributed by atoms with Crippen LogP contribution < -0.4 is 10.9 Å². The number of carbonyl (C=O) groups excluding carboxylic acids is 1. The fourth-order valence-electron chi connectivity index (χ4n) is 2.80. The van der Waals surface area contributed by atoms with Crippen molar-refractivity contribution in [3.05, 3.63) is 64.1 Å². The van der Waals surface area contributed by atoms with Crippen molar-refractivity contribution >= 4 is 6.09 Å². The molecule has 0 atom stereocenters. The molecule has 2 heterocycles. The Morgan fingerprint density at radius 3 is 2.64 bits per heavy atom. The molecule has 2 aromatic rings. The number of carbonyl (C=O) groups is 1. The van der Waals surface area contributed by atoms with Crippen molar-refractivity contribution in [1.82, 2.24) is 20.4 Å². The molecule has 0 unspecified atom stereocenters. The minimum atomic E-state index is -0.260. The summed E-state index contributed by atoms with van der Waals surface area (Å²) in [5, 5.41) is 9.81. The lowest BCUT2D eigenvalue weighted by Gasteiger charge is -2.31. The van der Waals surface area contributed by atoms with E-state index in [4.69, 9.17) is 4.74 Å². The van der Waals surface area contributed by atoms with Gasteiger partial charge < -0.3 is 15.0 Å². The van der Waals surface area contributed by atoms with Gasteiger partial charge in [-0.3, -0.25) is 4.79 Å². The van der Waals surface area contributed by atoms with Crippen molar-refractivity contribution in [2.45, 2.75) is 32.0 Å². The van der Waals surface area contributed by atoms with Gasteiger partial charge in [-0.25, -0.2) is 9.89 Å². The summed E-state index contributed by atoms with van der Waals surface area (Å²) >= 11 is 0. The highest BCUT2D eigenvalue weighted by Gasteiger charge is 2.23. The van der Waals surface area contributed by atoms with Crippen molar-refractivity contribution in [2.75, 3.05) is 13.1 Å². The lowest BCUT2D eigenvalue weighted by molar-refractivity contribution is 0.0852. The second-order valence-corrected chi connectivity index (χ2v) is 6.09. The van der Waals surface area contributed by atoms with Crippen LogP contribution in [0.2, 0.25) is 0 Å². The van der Waals surface area contributed by atoms with Gasteiger partial charge in [0, 0.05) is 31.7 Å². The van der Waals surface area contributed by atoms with Gasteiger partial charge in [-0.15, -0.1) is 0 Å². The minimum Gasteiger partial charge on any atom is -0.445 e. The Morgan fingerprint density at radius 2 is 1.96 bits per heavy atom. The lowest BCUT2D eigenvalue weighted by Crippen LogP contribution is -2.45. The maximum atomic E-state index is 12.1. The number of hydrogen-bond acceptors (Lipinski definition) is 5. The first-order valence-electron chi connectivity index (χ1n) is 8.44. The highest BCUT2D eigenvalue weighted by Crippen LogP contribution is 2.13. The van der Waals surface area contributed by atoms with E-state index >= 15 is 0 Å². The van der Waals surface area contributed by atoms with E-state index in [0.717, 1.165) is 24.1 Å². The molecule has 132 valence electrons. The summed E-state index contributed by atoms with van der Waals surface area (Å²) in [6, 6.07) is 13.2. The number of benzene rings is 1. The number of aromatic nitrogens is 2. The summed E-state index contributed by atoms with van der Waals surface area (Å²) in [5.74, 6) is 0. The van der Waals surface area contributed by atoms with Gasteiger partial charge >= 0.3 is 6.09 Å². The zero-order valence-corrected chi connectivity index (χ0v) is 14.0. The van der Waals surface area contributed by atoms with Gasteiger partial charge in [-0.1, -0.05) is 30.3 Å². The number of ether oxygens (including phenoxy) is 1. The molecule has 0 aliphatic carbocycles. The van der Waals surface area contributed by atoms with Crippen molar-refractivity contribution in [3.8, 4) is 0 Å². The number of hydrogen-bond donors (Lipinski definition) is 2. The fourth-order valence-corrected chi connectivity index (χ4v) is 2.80. The van der Waals surface area contributed by atoms with Crippen LogP contribution in [-0.2, 0) is 17.9 Å². The molecule has 1 fully saturated rings. The largest absolute Gasteiger partial charge is 0.445 e. The molecule has 1 aromatic heterocycles. The molecule has 0 spiro atoms. The number of H-pyrrole nitrogens is 1. The number of likely N-dealkylation sites (tertiary alicyclic amines) is 1. The van der Waals surface area contributed by atoms with E-state index in [0.29, 0.717) is 32.3 Å². The van der Waals surface area contributed by atoms with Crippen LogP contribution >= 0.6 is 0 Å². The Balaban J connectivity index is 1.38. The van der Waals surface area contributed by atoms with E-state index in [9.17, 15) is 9.59 Å². The van der Waals surface area contributed by atoms with Crippen LogP contribution in [0, 0.1) is 0 Å². The van der Waals surface area contributed by atoms with Crippen LogP contribution in [0.25, 0.3) is 0 Å². The molecule has 1 saturated heterocycles. The zero-order valence-electron chi connectivity index (χ0n) is 14.0. The van der Waals surface area contributed by atoms with Crippen LogP contribution in [0.15, 0.2) is 47.3 Å². The van der Waals surface area contributed by atoms with Crippen LogP contribution in [0.3, 0.4) is 0 Å². The van der Waals surface area contributed by atoms with E-state index in [1.54, 1.807) is 11.0 Å². The Labute approximate surface area is 146 Å². The maximum absolute atomic E-state index is 12.1. The van der Waals surface area contributed by atoms with Crippen molar-refractivity contribution < 1.29 is 9.53 Å². The van der Waals surface area contributed by atoms with Crippen LogP contribution in [-0.4, -0.2) is 40.3 Å². The Kier molecular flexibility index (Phi) is 5.79. The number of piperidine rings is 1. The molecule has 1 aromatic carbocycles. The van der Waals surface area contributed by atoms with Crippen molar-refractivity contribution in [3.63, 3.8) is 0 Å². The van der Waals surface area contributed by atoms with E-state index in [-0.39, 0.29) is 11.7 Å². The van der Waals surface area contributed by atoms with Gasteiger partial charge in [0.15, 0.2) is 0 Å². The quantitative estimate of drug-likeness (QED) is 0.863. The molecule has 7 nitrogen and oxygen atoms in total. The van der Waals surface area contributed by atoms with Gasteiger partial charge in [0.25, 0.3) is 5.56 Å². The van der Waals surface area contributed by atoms with E-state index in [1.807, 2.05) is 30.3 Å². The second kappa shape index (κ2) is 8.43. The molecule has 0 bridgehead atoms. The molecule has 25 heavy (non-hydrogen) atoms. The number of rotatable bonds is 5. The third kappa shape index (κ3) is 5.15. The molecule has 1 amide bonds. The zero-order chi connectivity index (χ0) is 17.5. The smallest absolute Gasteiger partial charge is 0.410 e. The summed E-state index contributed by atoms with van der Waals surface area (Å²) < 4.78 is 5.37. The van der Waals surface area contributed by atoms with Gasteiger partial charge in [-0.2, -0.15) is 5.10 Å². The van der Waals surface area contributed by atoms with Crippen LogP contribution in [0.4, 0.5) is 4.79 Å². The first-order valence-corrected chi connectivity index (χ1v) is 8.44. The Bertz CT molecular complexity index is 719. The SMILES string of the molecule is O=C(OCc1ccccc1)N1CCC(NCc2ccc(=O)[nH]n2)CC1. The van der Waals surface area contributed by atoms with Gasteiger partial charge in [0.05, 0.1) is 5.69 Å². The van der Waals surface area contributed by atoms with Crippen molar-refractivity contribution in [2.24, 2.45) is 0 Å². The Morgan fingerprint density at radius 1 is 1.20 bits per heavy atom. The number of nitrogens with one attached hydrogen (secondary N) is 2. The normalized spacial score (nSPS) is 15.1. The molecule has 1 aliphatic heterocycles. The monoisotopic (exact) mass is 342 g/mol. The van der Waals surface area contributed by atoms with E-state index < -0.39 is 0 Å². The predicted octanol–water partition coefficient (Wildman–Crippen LogP) is 1.66. The summed E-state index contributed by atoms with van der Waals surface area (Å²) in [5.41, 5.74) is 1.58. The van der Waals surface area contributed by atoms with Gasteiger partial charge in [0.2, 0.25) is 0 Å². The second-order valence-electron chi connectivity index (χ2n) is 6.09. The van der Waals surface area contributed by atoms with Gasteiger partial charge in [0.1, 0.15) is 6.61 Å². The summed E-state index contributed by atoms with van der Waals surface area (Å²) in [7, 11) is 0. The van der Waals surface area contributed by atoms with E-state index in [1.165, 1.54) is 6.07 Å². The molecule has 3 rings (SSSR count). The van der Waals surface area contributed by atoms with Crippen molar-refractivity contribution in [1.29, 1.82) is 0 Å². The average molecular weight is 342 g/mol. The first kappa shape index (κ1) is 17.2. The van der Waals surface area contributed by atoms with Gasteiger partial charge in [-0.05, 0) is 24.5 Å². The highest BCUT2D eigenvalue weighted by atomic mass is 16.6. The maximum Gasteiger partial charge on any atom is 0.410 e. The topological polar surface area (TPSA) is 87.3 Å². The molecule has 0 radical (unpaired) electrons. The standard InChI is InChI=1S/C18H22N4O3/c23-17-7-6-16(20-21-17)12-19-15-8-10-22(11-9-15)18(24)25-13-14-4-2-1-3-5-14/h1-7,15,19H,8-13H2,(H,21,23). The molecular formula is C18H22N4O3. The summed E-state index contributed by atoms with van der Waals surface area (Å²) in [6.45, 7) is 2.24. The third-order valence-corrected chi connectivity index (χ3v) is 4.27. The molecule has 7 heteroatoms. The first-order chi connectivity index (χ1) is 12.2. The number of nitrogens with zero attached hydrogens (tertiary/aromatic N) is 2. The average Bonchev–Trinajstić information content (AvgIpc) is 2.67. The predicted molar refractivity (Wildman–Crippen MR) is 92.9 cm³/mol. The fraction of sp³-hybridized carbons (Fsp3) is 0.389. The number of amides is 1. The molecule has 1 aliphatic rings. The lowest BCUT2D eigenvalue weighted by atomic mass is 10.1. The molecule has 2 N–H and O–H groups in total. The third-order valence-electron chi connectivity index (χ3n) is 4.27. The van der Waals surface area contributed by atoms with E-state index in [2.05, 4.69) is 15.5 Å². The number of aromatic amines is 1. The highest BCUT2D eigenvalue weighted by molar-refractivity contribution is 5.67. The summed E-state index contributed by atoms with van der Waals surface area (Å²) in [4.78, 5) is 24.9. The minimum absolute atomic E-state index is 0.203. The van der Waals surface area contributed by atoms with Crippen LogP contribution in [0.1, 0.15) is 24.1 Å².